The minimum Gasteiger partial charge on any atom is -0.326 e. The molecule has 0 unspecified atom stereocenters. The molecule has 1 heterocycles. The van der Waals surface area contributed by atoms with Gasteiger partial charge in [0.05, 0.1) is 0 Å². The monoisotopic (exact) mass is 322 g/mol. The van der Waals surface area contributed by atoms with Gasteiger partial charge in [-0.3, -0.25) is 0 Å². The average molecular weight is 322 g/mol. The van der Waals surface area contributed by atoms with E-state index in [1.807, 2.05) is 0 Å². The van der Waals surface area contributed by atoms with Crippen molar-refractivity contribution in [1.29, 1.82) is 0 Å². The first-order valence-electron chi connectivity index (χ1n) is 2.52. The molecule has 1 saturated heterocycles. The Morgan fingerprint density at radius 2 is 1.71 bits per heavy atom. The molecule has 0 bridgehead atoms. The Morgan fingerprint density at radius 3 is 1.86 bits per heavy atom. The standard InChI is InChI=1S/C5H10N.U/c1-2-4-6-5-3-1;/h1,6H,2-5H2;/q-1;+2. The zero-order valence-electron chi connectivity index (χ0n) is 4.41. The Labute approximate surface area is 68.6 Å². The van der Waals surface area contributed by atoms with Crippen LogP contribution in [0.5, 0.6) is 0 Å². The maximum Gasteiger partial charge on any atom is 2.00 e. The van der Waals surface area contributed by atoms with Crippen molar-refractivity contribution in [3.63, 3.8) is 0 Å². The van der Waals surface area contributed by atoms with Crippen LogP contribution in [-0.2, 0) is 0 Å². The predicted molar refractivity (Wildman–Crippen MR) is 26.4 cm³/mol. The second kappa shape index (κ2) is 5.15. The molecule has 0 spiro atoms. The van der Waals surface area contributed by atoms with Gasteiger partial charge in [0.1, 0.15) is 0 Å². The van der Waals surface area contributed by atoms with Crippen molar-refractivity contribution >= 4 is 0 Å². The second-order valence-corrected chi connectivity index (χ2v) is 1.62. The van der Waals surface area contributed by atoms with Crippen molar-refractivity contribution in [2.24, 2.45) is 0 Å². The molecule has 2 heteroatoms. The van der Waals surface area contributed by atoms with Crippen LogP contribution in [0.25, 0.3) is 0 Å². The van der Waals surface area contributed by atoms with Crippen LogP contribution in [0.3, 0.4) is 0 Å². The van der Waals surface area contributed by atoms with E-state index >= 15 is 0 Å². The number of piperidine rings is 1. The van der Waals surface area contributed by atoms with Gasteiger partial charge in [-0.1, -0.05) is 0 Å². The first kappa shape index (κ1) is 8.01. The van der Waals surface area contributed by atoms with Crippen LogP contribution in [0.1, 0.15) is 12.8 Å². The largest absolute Gasteiger partial charge is 2.00 e. The summed E-state index contributed by atoms with van der Waals surface area (Å²) in [6.07, 6.45) is 4.86. The summed E-state index contributed by atoms with van der Waals surface area (Å²) in [6.45, 7) is 2.39. The molecule has 0 amide bonds. The van der Waals surface area contributed by atoms with Crippen LogP contribution in [0.4, 0.5) is 0 Å². The van der Waals surface area contributed by atoms with Crippen molar-refractivity contribution in [3.8, 4) is 0 Å². The van der Waals surface area contributed by atoms with Crippen LogP contribution < -0.4 is 5.32 Å². The molecular weight excluding hydrogens is 312 g/mol. The maximum absolute atomic E-state index is 3.25. The molecule has 1 nitrogen and oxygen atoms in total. The molecule has 1 aliphatic heterocycles. The van der Waals surface area contributed by atoms with Gasteiger partial charge in [0.15, 0.2) is 0 Å². The molecule has 0 atom stereocenters. The Morgan fingerprint density at radius 1 is 1.14 bits per heavy atom. The van der Waals surface area contributed by atoms with Crippen molar-refractivity contribution in [2.75, 3.05) is 13.1 Å². The number of nitrogens with one attached hydrogen (secondary N) is 1. The van der Waals surface area contributed by atoms with E-state index in [0.29, 0.717) is 0 Å². The predicted octanol–water partition coefficient (Wildman–Crippen LogP) is 0.574. The molecular formula is C5H10NU+. The summed E-state index contributed by atoms with van der Waals surface area (Å²) >= 11 is 0. The second-order valence-electron chi connectivity index (χ2n) is 1.62. The summed E-state index contributed by atoms with van der Waals surface area (Å²) in [6, 6.07) is 0. The van der Waals surface area contributed by atoms with E-state index in [1.165, 1.54) is 25.9 Å². The summed E-state index contributed by atoms with van der Waals surface area (Å²) in [5.74, 6) is 0. The molecule has 38 valence electrons. The number of hydrogen-bond acceptors (Lipinski definition) is 1. The average Bonchev–Trinajstić information content (AvgIpc) is 1.72. The quantitative estimate of drug-likeness (QED) is 0.643. The van der Waals surface area contributed by atoms with E-state index in [2.05, 4.69) is 11.7 Å². The molecule has 0 saturated carbocycles. The third-order valence-electron chi connectivity index (χ3n) is 1.05. The molecule has 1 N–H and O–H groups in total. The van der Waals surface area contributed by atoms with Gasteiger partial charge >= 0.3 is 31.1 Å². The fraction of sp³-hybridized carbons (Fsp3) is 0.800. The molecule has 1 aliphatic rings. The summed E-state index contributed by atoms with van der Waals surface area (Å²) in [5, 5.41) is 3.25. The van der Waals surface area contributed by atoms with E-state index in [0.717, 1.165) is 0 Å². The minimum atomic E-state index is 0. The summed E-state index contributed by atoms with van der Waals surface area (Å²) in [5.41, 5.74) is 0. The van der Waals surface area contributed by atoms with E-state index in [-0.39, 0.29) is 31.1 Å². The third kappa shape index (κ3) is 3.58. The summed E-state index contributed by atoms with van der Waals surface area (Å²) in [4.78, 5) is 0. The van der Waals surface area contributed by atoms with E-state index < -0.39 is 0 Å². The van der Waals surface area contributed by atoms with Gasteiger partial charge in [0, 0.05) is 0 Å². The Kier molecular flexibility index (Phi) is 5.90. The SMILES string of the molecule is [CH-]1CCNCC1.[U+2]. The first-order valence-corrected chi connectivity index (χ1v) is 2.52. The van der Waals surface area contributed by atoms with Crippen molar-refractivity contribution in [1.82, 2.24) is 5.32 Å². The van der Waals surface area contributed by atoms with Gasteiger partial charge in [-0.05, 0) is 13.1 Å². The zero-order valence-corrected chi connectivity index (χ0v) is 8.57. The normalized spacial score (nSPS) is 20.6. The van der Waals surface area contributed by atoms with Gasteiger partial charge in [0.2, 0.25) is 0 Å². The first-order chi connectivity index (χ1) is 3.00. The number of hydrogen-bond donors (Lipinski definition) is 1. The van der Waals surface area contributed by atoms with Gasteiger partial charge < -0.3 is 11.7 Å². The Balaban J connectivity index is 0.000000360. The van der Waals surface area contributed by atoms with E-state index in [1.54, 1.807) is 0 Å². The Bertz CT molecular complexity index is 23.6. The summed E-state index contributed by atoms with van der Waals surface area (Å²) < 4.78 is 0. The van der Waals surface area contributed by atoms with Crippen LogP contribution in [0.2, 0.25) is 0 Å². The van der Waals surface area contributed by atoms with Gasteiger partial charge in [0.25, 0.3) is 0 Å². The zero-order chi connectivity index (χ0) is 4.24. The molecule has 0 aromatic heterocycles. The van der Waals surface area contributed by atoms with Crippen molar-refractivity contribution in [2.45, 2.75) is 12.8 Å². The van der Waals surface area contributed by atoms with Crippen LogP contribution in [0, 0.1) is 37.5 Å². The maximum atomic E-state index is 3.25. The minimum absolute atomic E-state index is 0. The smallest absolute Gasteiger partial charge is 0.326 e. The number of rotatable bonds is 0. The topological polar surface area (TPSA) is 12.0 Å². The van der Waals surface area contributed by atoms with E-state index in [9.17, 15) is 0 Å². The molecule has 1 fully saturated rings. The Hall–Kier alpha value is 1.01. The molecule has 0 aromatic rings. The van der Waals surface area contributed by atoms with E-state index in [4.69, 9.17) is 0 Å². The summed E-state index contributed by atoms with van der Waals surface area (Å²) in [7, 11) is 0. The molecule has 0 radical (unpaired) electrons. The van der Waals surface area contributed by atoms with Crippen molar-refractivity contribution < 1.29 is 31.1 Å². The van der Waals surface area contributed by atoms with Crippen LogP contribution >= 0.6 is 0 Å². The molecule has 7 heavy (non-hydrogen) atoms. The van der Waals surface area contributed by atoms with Gasteiger partial charge in [-0.15, -0.1) is 0 Å². The molecule has 0 aliphatic carbocycles. The van der Waals surface area contributed by atoms with Crippen LogP contribution in [-0.4, -0.2) is 13.1 Å². The van der Waals surface area contributed by atoms with Crippen molar-refractivity contribution in [3.05, 3.63) is 6.42 Å². The molecule has 0 aromatic carbocycles. The fourth-order valence-corrected chi connectivity index (χ4v) is 0.678. The molecule has 1 rings (SSSR count). The third-order valence-corrected chi connectivity index (χ3v) is 1.05. The fourth-order valence-electron chi connectivity index (χ4n) is 0.678. The van der Waals surface area contributed by atoms with Gasteiger partial charge in [-0.25, -0.2) is 0 Å². The van der Waals surface area contributed by atoms with Crippen LogP contribution in [0.15, 0.2) is 0 Å². The van der Waals surface area contributed by atoms with Gasteiger partial charge in [-0.2, -0.15) is 12.8 Å².